The third-order valence-corrected chi connectivity index (χ3v) is 4.79. The summed E-state index contributed by atoms with van der Waals surface area (Å²) in [5.74, 6) is -2.16. The van der Waals surface area contributed by atoms with Crippen LogP contribution in [0.5, 0.6) is 0 Å². The molecular weight excluding hydrogens is 433 g/mol. The number of benzene rings is 2. The Morgan fingerprint density at radius 1 is 1.00 bits per heavy atom. The van der Waals surface area contributed by atoms with Crippen molar-refractivity contribution in [2.45, 2.75) is 13.1 Å². The maximum absolute atomic E-state index is 13.5. The summed E-state index contributed by atoms with van der Waals surface area (Å²) in [6.45, 7) is 2.62. The lowest BCUT2D eigenvalue weighted by atomic mass is 10.2. The summed E-state index contributed by atoms with van der Waals surface area (Å²) in [6.07, 6.45) is -3.50. The van der Waals surface area contributed by atoms with Gasteiger partial charge in [-0.3, -0.25) is 4.79 Å². The topological polar surface area (TPSA) is 71.3 Å². The lowest BCUT2D eigenvalue weighted by Crippen LogP contribution is -2.19. The predicted octanol–water partition coefficient (Wildman–Crippen LogP) is 6.17. The molecule has 0 atom stereocenters. The maximum Gasteiger partial charge on any atom is 0.452 e. The zero-order valence-corrected chi connectivity index (χ0v) is 17.5. The second-order valence-electron chi connectivity index (χ2n) is 7.00. The predicted molar refractivity (Wildman–Crippen MR) is 118 cm³/mol. The van der Waals surface area contributed by atoms with Crippen LogP contribution < -0.4 is 10.2 Å². The monoisotopic (exact) mass is 452 g/mol. The number of halogens is 3. The Morgan fingerprint density at radius 3 is 2.24 bits per heavy atom. The highest BCUT2D eigenvalue weighted by Gasteiger charge is 2.42. The second kappa shape index (κ2) is 9.15. The van der Waals surface area contributed by atoms with Crippen LogP contribution in [0.25, 0.3) is 11.5 Å². The highest BCUT2D eigenvalue weighted by Crippen LogP contribution is 2.35. The van der Waals surface area contributed by atoms with Crippen molar-refractivity contribution in [3.63, 3.8) is 0 Å². The number of rotatable bonds is 6. The highest BCUT2D eigenvalue weighted by atomic mass is 19.4. The zero-order valence-electron chi connectivity index (χ0n) is 17.5. The van der Waals surface area contributed by atoms with Gasteiger partial charge < -0.3 is 14.6 Å². The minimum atomic E-state index is -4.88. The molecule has 1 amide bonds. The molecule has 0 saturated heterocycles. The van der Waals surface area contributed by atoms with E-state index in [1.807, 2.05) is 42.2 Å². The van der Waals surface area contributed by atoms with E-state index in [-0.39, 0.29) is 11.6 Å². The van der Waals surface area contributed by atoms with Crippen LogP contribution in [0.3, 0.4) is 0 Å². The number of para-hydroxylation sites is 1. The van der Waals surface area contributed by atoms with E-state index in [1.54, 1.807) is 42.5 Å². The standard InChI is InChI=1S/C24H19F3N4O2/c1-2-31(18-11-7-4-8-12-18)19-14-13-17(15-28-19)29-22(32)20-21(24(25,26)27)33-23(30-20)16-9-5-3-6-10-16/h3-15H,2H2,1H3,(H,29,32). The molecule has 6 nitrogen and oxygen atoms in total. The summed E-state index contributed by atoms with van der Waals surface area (Å²) < 4.78 is 45.4. The van der Waals surface area contributed by atoms with Crippen LogP contribution in [0.1, 0.15) is 23.2 Å². The number of carbonyl (C=O) groups excluding carboxylic acids is 1. The molecule has 0 bridgehead atoms. The van der Waals surface area contributed by atoms with Gasteiger partial charge >= 0.3 is 6.18 Å². The molecule has 0 aliphatic heterocycles. The van der Waals surface area contributed by atoms with Gasteiger partial charge in [0.15, 0.2) is 5.69 Å². The number of carbonyl (C=O) groups is 1. The van der Waals surface area contributed by atoms with E-state index in [2.05, 4.69) is 15.3 Å². The van der Waals surface area contributed by atoms with E-state index in [0.717, 1.165) is 5.69 Å². The van der Waals surface area contributed by atoms with E-state index >= 15 is 0 Å². The van der Waals surface area contributed by atoms with E-state index in [0.29, 0.717) is 17.9 Å². The molecule has 168 valence electrons. The van der Waals surface area contributed by atoms with Gasteiger partial charge in [-0.2, -0.15) is 13.2 Å². The zero-order chi connectivity index (χ0) is 23.4. The molecule has 4 aromatic rings. The van der Waals surface area contributed by atoms with Crippen LogP contribution in [-0.4, -0.2) is 22.4 Å². The van der Waals surface area contributed by atoms with Gasteiger partial charge in [0.1, 0.15) is 5.82 Å². The normalized spacial score (nSPS) is 11.3. The maximum atomic E-state index is 13.5. The highest BCUT2D eigenvalue weighted by molar-refractivity contribution is 6.04. The third-order valence-electron chi connectivity index (χ3n) is 4.79. The molecule has 33 heavy (non-hydrogen) atoms. The van der Waals surface area contributed by atoms with Crippen molar-refractivity contribution in [1.82, 2.24) is 9.97 Å². The van der Waals surface area contributed by atoms with Gasteiger partial charge in [-0.1, -0.05) is 36.4 Å². The number of pyridine rings is 1. The molecule has 9 heteroatoms. The molecule has 0 aliphatic rings. The number of hydrogen-bond acceptors (Lipinski definition) is 5. The van der Waals surface area contributed by atoms with Crippen LogP contribution in [0.2, 0.25) is 0 Å². The van der Waals surface area contributed by atoms with Crippen LogP contribution in [0.15, 0.2) is 83.4 Å². The third kappa shape index (κ3) is 4.87. The van der Waals surface area contributed by atoms with E-state index in [9.17, 15) is 18.0 Å². The van der Waals surface area contributed by atoms with Gasteiger partial charge in [-0.05, 0) is 43.3 Å². The average molecular weight is 452 g/mol. The van der Waals surface area contributed by atoms with E-state index in [4.69, 9.17) is 4.42 Å². The Bertz CT molecular complexity index is 1220. The Hall–Kier alpha value is -4.14. The van der Waals surface area contributed by atoms with Gasteiger partial charge in [0.2, 0.25) is 11.7 Å². The van der Waals surface area contributed by atoms with Gasteiger partial charge in [0.25, 0.3) is 5.91 Å². The summed E-state index contributed by atoms with van der Waals surface area (Å²) in [5.41, 5.74) is 0.652. The lowest BCUT2D eigenvalue weighted by Gasteiger charge is -2.22. The van der Waals surface area contributed by atoms with Crippen LogP contribution >= 0.6 is 0 Å². The average Bonchev–Trinajstić information content (AvgIpc) is 3.29. The number of oxazole rings is 1. The van der Waals surface area contributed by atoms with Crippen LogP contribution in [-0.2, 0) is 6.18 Å². The van der Waals surface area contributed by atoms with E-state index in [1.165, 1.54) is 6.20 Å². The molecular formula is C24H19F3N4O2. The quantitative estimate of drug-likeness (QED) is 0.379. The number of alkyl halides is 3. The Kier molecular flexibility index (Phi) is 6.12. The van der Waals surface area contributed by atoms with Crippen molar-refractivity contribution in [3.05, 3.63) is 90.4 Å². The first-order valence-electron chi connectivity index (χ1n) is 10.1. The molecule has 4 rings (SSSR count). The number of hydrogen-bond donors (Lipinski definition) is 1. The molecule has 0 fully saturated rings. The van der Waals surface area contributed by atoms with Crippen molar-refractivity contribution >= 4 is 23.1 Å². The SMILES string of the molecule is CCN(c1ccccc1)c1ccc(NC(=O)c2nc(-c3ccccc3)oc2C(F)(F)F)cn1. The number of amides is 1. The molecule has 0 spiro atoms. The van der Waals surface area contributed by atoms with Crippen molar-refractivity contribution in [3.8, 4) is 11.5 Å². The molecule has 0 aliphatic carbocycles. The largest absolute Gasteiger partial charge is 0.452 e. The minimum Gasteiger partial charge on any atom is -0.431 e. The summed E-state index contributed by atoms with van der Waals surface area (Å²) in [6, 6.07) is 20.9. The molecule has 0 unspecified atom stereocenters. The fourth-order valence-corrected chi connectivity index (χ4v) is 3.27. The van der Waals surface area contributed by atoms with Crippen LogP contribution in [0, 0.1) is 0 Å². The number of aromatic nitrogens is 2. The second-order valence-corrected chi connectivity index (χ2v) is 7.00. The van der Waals surface area contributed by atoms with Gasteiger partial charge in [0.05, 0.1) is 11.9 Å². The molecule has 2 aromatic carbocycles. The van der Waals surface area contributed by atoms with Gasteiger partial charge in [-0.25, -0.2) is 9.97 Å². The first-order valence-corrected chi connectivity index (χ1v) is 10.1. The fraction of sp³-hybridized carbons (Fsp3) is 0.125. The number of nitrogens with zero attached hydrogens (tertiary/aromatic N) is 3. The number of anilines is 3. The van der Waals surface area contributed by atoms with Crippen molar-refractivity contribution in [2.24, 2.45) is 0 Å². The molecule has 2 aromatic heterocycles. The summed E-state index contributed by atoms with van der Waals surface area (Å²) >= 11 is 0. The lowest BCUT2D eigenvalue weighted by molar-refractivity contribution is -0.153. The molecule has 0 saturated carbocycles. The minimum absolute atomic E-state index is 0.227. The van der Waals surface area contributed by atoms with Gasteiger partial charge in [-0.15, -0.1) is 0 Å². The Morgan fingerprint density at radius 2 is 1.67 bits per heavy atom. The summed E-state index contributed by atoms with van der Waals surface area (Å²) in [4.78, 5) is 22.8. The Labute approximate surface area is 187 Å². The fourth-order valence-electron chi connectivity index (χ4n) is 3.27. The Balaban J connectivity index is 1.58. The van der Waals surface area contributed by atoms with Crippen molar-refractivity contribution < 1.29 is 22.4 Å². The molecule has 0 radical (unpaired) electrons. The van der Waals surface area contributed by atoms with Gasteiger partial charge in [0, 0.05) is 17.8 Å². The first kappa shape index (κ1) is 22.1. The summed E-state index contributed by atoms with van der Waals surface area (Å²) in [7, 11) is 0. The molecule has 1 N–H and O–H groups in total. The van der Waals surface area contributed by atoms with Crippen molar-refractivity contribution in [2.75, 3.05) is 16.8 Å². The van der Waals surface area contributed by atoms with E-state index < -0.39 is 23.5 Å². The van der Waals surface area contributed by atoms with Crippen molar-refractivity contribution in [1.29, 1.82) is 0 Å². The summed E-state index contributed by atoms with van der Waals surface area (Å²) in [5, 5.41) is 2.42. The smallest absolute Gasteiger partial charge is 0.431 e. The molecule has 2 heterocycles. The van der Waals surface area contributed by atoms with Crippen LogP contribution in [0.4, 0.5) is 30.4 Å². The number of nitrogens with one attached hydrogen (secondary N) is 1. The first-order chi connectivity index (χ1) is 15.9.